The van der Waals surface area contributed by atoms with E-state index in [1.165, 1.54) is 11.6 Å². The Labute approximate surface area is 170 Å². The predicted octanol–water partition coefficient (Wildman–Crippen LogP) is 3.07. The fourth-order valence-corrected chi connectivity index (χ4v) is 2.82. The van der Waals surface area contributed by atoms with Gasteiger partial charge in [0.15, 0.2) is 11.5 Å². The zero-order valence-electron chi connectivity index (χ0n) is 16.5. The van der Waals surface area contributed by atoms with Gasteiger partial charge in [0.1, 0.15) is 19.8 Å². The second-order valence-electron chi connectivity index (χ2n) is 6.74. The number of carbonyl (C=O) groups is 2. The Morgan fingerprint density at radius 1 is 1.07 bits per heavy atom. The highest BCUT2D eigenvalue weighted by molar-refractivity contribution is 5.87. The van der Waals surface area contributed by atoms with Crippen LogP contribution in [-0.4, -0.2) is 38.2 Å². The molecule has 1 aliphatic rings. The van der Waals surface area contributed by atoms with E-state index in [9.17, 15) is 9.59 Å². The third kappa shape index (κ3) is 6.68. The number of fused-ring (bicyclic) bond motifs is 1. The second kappa shape index (κ2) is 10.3. The van der Waals surface area contributed by atoms with Crippen LogP contribution < -0.4 is 14.8 Å². The van der Waals surface area contributed by atoms with Gasteiger partial charge in [-0.2, -0.15) is 0 Å². The molecule has 29 heavy (non-hydrogen) atoms. The maximum Gasteiger partial charge on any atom is 0.330 e. The van der Waals surface area contributed by atoms with E-state index in [1.54, 1.807) is 6.08 Å². The molecule has 6 nitrogen and oxygen atoms in total. The third-order valence-electron chi connectivity index (χ3n) is 4.41. The number of aryl methyl sites for hydroxylation is 2. The summed E-state index contributed by atoms with van der Waals surface area (Å²) in [6.07, 6.45) is 4.09. The largest absolute Gasteiger partial charge is 0.486 e. The first kappa shape index (κ1) is 20.5. The molecule has 2 aromatic carbocycles. The fraction of sp³-hybridized carbons (Fsp3) is 0.304. The van der Waals surface area contributed by atoms with Crippen molar-refractivity contribution in [1.82, 2.24) is 5.32 Å². The lowest BCUT2D eigenvalue weighted by Gasteiger charge is -2.18. The van der Waals surface area contributed by atoms with Gasteiger partial charge in [-0.15, -0.1) is 0 Å². The molecule has 1 N–H and O–H groups in total. The normalized spacial score (nSPS) is 12.6. The average molecular weight is 395 g/mol. The summed E-state index contributed by atoms with van der Waals surface area (Å²) in [6.45, 7) is 3.50. The van der Waals surface area contributed by atoms with Crippen molar-refractivity contribution in [2.45, 2.75) is 19.8 Å². The third-order valence-corrected chi connectivity index (χ3v) is 4.41. The van der Waals surface area contributed by atoms with Crippen LogP contribution in [0, 0.1) is 6.92 Å². The van der Waals surface area contributed by atoms with Crippen LogP contribution in [0.2, 0.25) is 0 Å². The molecule has 1 heterocycles. The minimum absolute atomic E-state index is 0.0616. The summed E-state index contributed by atoms with van der Waals surface area (Å²) < 4.78 is 16.1. The first-order valence-corrected chi connectivity index (χ1v) is 9.67. The number of rotatable bonds is 8. The Kier molecular flexibility index (Phi) is 7.28. The molecule has 152 valence electrons. The molecule has 2 aromatic rings. The Morgan fingerprint density at radius 2 is 1.83 bits per heavy atom. The highest BCUT2D eigenvalue weighted by Gasteiger charge is 2.11. The van der Waals surface area contributed by atoms with Crippen LogP contribution in [0.25, 0.3) is 6.08 Å². The SMILES string of the molecule is Cc1ccc(CCC(=O)NCCOC(=O)/C=C/c2ccc3c(c2)OCCO3)cc1. The molecule has 0 aromatic heterocycles. The van der Waals surface area contributed by atoms with E-state index < -0.39 is 5.97 Å². The number of esters is 1. The van der Waals surface area contributed by atoms with E-state index in [0.29, 0.717) is 37.6 Å². The zero-order chi connectivity index (χ0) is 20.5. The van der Waals surface area contributed by atoms with Crippen molar-refractivity contribution < 1.29 is 23.8 Å². The van der Waals surface area contributed by atoms with Gasteiger partial charge in [0.25, 0.3) is 0 Å². The quantitative estimate of drug-likeness (QED) is 0.422. The van der Waals surface area contributed by atoms with Crippen LogP contribution in [0.3, 0.4) is 0 Å². The van der Waals surface area contributed by atoms with Crippen LogP contribution in [0.5, 0.6) is 11.5 Å². The zero-order valence-corrected chi connectivity index (χ0v) is 16.5. The molecule has 0 spiro atoms. The van der Waals surface area contributed by atoms with Gasteiger partial charge >= 0.3 is 5.97 Å². The number of ether oxygens (including phenoxy) is 3. The molecule has 0 atom stereocenters. The average Bonchev–Trinajstić information content (AvgIpc) is 2.74. The van der Waals surface area contributed by atoms with E-state index in [2.05, 4.69) is 5.32 Å². The van der Waals surface area contributed by atoms with E-state index in [4.69, 9.17) is 14.2 Å². The summed E-state index contributed by atoms with van der Waals surface area (Å²) in [7, 11) is 0. The predicted molar refractivity (Wildman–Crippen MR) is 110 cm³/mol. The Bertz CT molecular complexity index is 873. The van der Waals surface area contributed by atoms with Crippen LogP contribution in [-0.2, 0) is 20.7 Å². The molecule has 1 aliphatic heterocycles. The lowest BCUT2D eigenvalue weighted by Crippen LogP contribution is -2.28. The van der Waals surface area contributed by atoms with Crippen molar-refractivity contribution in [3.63, 3.8) is 0 Å². The molecule has 0 bridgehead atoms. The number of carbonyl (C=O) groups excluding carboxylic acids is 2. The summed E-state index contributed by atoms with van der Waals surface area (Å²) in [4.78, 5) is 23.7. The lowest BCUT2D eigenvalue weighted by atomic mass is 10.1. The molecular weight excluding hydrogens is 370 g/mol. The standard InChI is InChI=1S/C23H25NO5/c1-17-2-4-18(5-3-17)7-10-22(25)24-12-13-29-23(26)11-8-19-6-9-20-21(16-19)28-15-14-27-20/h2-6,8-9,11,16H,7,10,12-15H2,1H3,(H,24,25)/b11-8+. The van der Waals surface area contributed by atoms with Gasteiger partial charge in [-0.1, -0.05) is 35.9 Å². The number of nitrogens with one attached hydrogen (secondary N) is 1. The molecule has 0 aliphatic carbocycles. The Morgan fingerprint density at radius 3 is 2.62 bits per heavy atom. The summed E-state index contributed by atoms with van der Waals surface area (Å²) >= 11 is 0. The van der Waals surface area contributed by atoms with E-state index in [-0.39, 0.29) is 19.1 Å². The van der Waals surface area contributed by atoms with Crippen molar-refractivity contribution in [1.29, 1.82) is 0 Å². The summed E-state index contributed by atoms with van der Waals surface area (Å²) in [6, 6.07) is 13.6. The smallest absolute Gasteiger partial charge is 0.330 e. The summed E-state index contributed by atoms with van der Waals surface area (Å²) in [5, 5.41) is 2.76. The van der Waals surface area contributed by atoms with Crippen molar-refractivity contribution in [3.8, 4) is 11.5 Å². The molecular formula is C23H25NO5. The van der Waals surface area contributed by atoms with Crippen molar-refractivity contribution >= 4 is 18.0 Å². The van der Waals surface area contributed by atoms with Gasteiger partial charge < -0.3 is 19.5 Å². The molecule has 1 amide bonds. The molecule has 0 fully saturated rings. The second-order valence-corrected chi connectivity index (χ2v) is 6.74. The maximum absolute atomic E-state index is 11.9. The minimum Gasteiger partial charge on any atom is -0.486 e. The first-order valence-electron chi connectivity index (χ1n) is 9.67. The summed E-state index contributed by atoms with van der Waals surface area (Å²) in [5.41, 5.74) is 3.14. The molecule has 6 heteroatoms. The topological polar surface area (TPSA) is 73.9 Å². The highest BCUT2D eigenvalue weighted by atomic mass is 16.6. The van der Waals surface area contributed by atoms with Gasteiger partial charge in [-0.3, -0.25) is 4.79 Å². The number of hydrogen-bond acceptors (Lipinski definition) is 5. The van der Waals surface area contributed by atoms with Crippen LogP contribution >= 0.6 is 0 Å². The van der Waals surface area contributed by atoms with Crippen molar-refractivity contribution in [2.75, 3.05) is 26.4 Å². The summed E-state index contributed by atoms with van der Waals surface area (Å²) in [5.74, 6) is 0.844. The first-order chi connectivity index (χ1) is 14.1. The van der Waals surface area contributed by atoms with Gasteiger partial charge in [0.05, 0.1) is 6.54 Å². The van der Waals surface area contributed by atoms with Crippen molar-refractivity contribution in [2.24, 2.45) is 0 Å². The van der Waals surface area contributed by atoms with Crippen LogP contribution in [0.4, 0.5) is 0 Å². The highest BCUT2D eigenvalue weighted by Crippen LogP contribution is 2.31. The van der Waals surface area contributed by atoms with Gasteiger partial charge in [0.2, 0.25) is 5.91 Å². The maximum atomic E-state index is 11.9. The number of hydrogen-bond donors (Lipinski definition) is 1. The molecule has 0 saturated carbocycles. The Balaban J connectivity index is 1.32. The molecule has 3 rings (SSSR count). The molecule has 0 saturated heterocycles. The number of benzene rings is 2. The fourth-order valence-electron chi connectivity index (χ4n) is 2.82. The lowest BCUT2D eigenvalue weighted by molar-refractivity contribution is -0.138. The monoisotopic (exact) mass is 395 g/mol. The van der Waals surface area contributed by atoms with Gasteiger partial charge in [-0.25, -0.2) is 4.79 Å². The van der Waals surface area contributed by atoms with Crippen LogP contribution in [0.1, 0.15) is 23.1 Å². The van der Waals surface area contributed by atoms with E-state index >= 15 is 0 Å². The minimum atomic E-state index is -0.464. The van der Waals surface area contributed by atoms with E-state index in [1.807, 2.05) is 49.4 Å². The van der Waals surface area contributed by atoms with Crippen molar-refractivity contribution in [3.05, 3.63) is 65.2 Å². The molecule has 0 unspecified atom stereocenters. The number of amides is 1. The van der Waals surface area contributed by atoms with Gasteiger partial charge in [-0.05, 0) is 42.7 Å². The molecule has 0 radical (unpaired) electrons. The Hall–Kier alpha value is -3.28. The van der Waals surface area contributed by atoms with Crippen LogP contribution in [0.15, 0.2) is 48.5 Å². The van der Waals surface area contributed by atoms with Gasteiger partial charge in [0, 0.05) is 12.5 Å². The van der Waals surface area contributed by atoms with E-state index in [0.717, 1.165) is 11.1 Å².